The summed E-state index contributed by atoms with van der Waals surface area (Å²) in [5.74, 6) is 0.997. The lowest BCUT2D eigenvalue weighted by molar-refractivity contribution is -0.144. The maximum Gasteiger partial charge on any atom is 0.308 e. The Hall–Kier alpha value is -1.35. The van der Waals surface area contributed by atoms with Crippen LogP contribution in [0.1, 0.15) is 49.1 Å². The van der Waals surface area contributed by atoms with Gasteiger partial charge < -0.3 is 10.4 Å². The molecule has 3 heteroatoms. The van der Waals surface area contributed by atoms with E-state index in [-0.39, 0.29) is 12.0 Å². The van der Waals surface area contributed by atoms with Gasteiger partial charge in [-0.2, -0.15) is 0 Å². The van der Waals surface area contributed by atoms with E-state index >= 15 is 0 Å². The molecule has 3 fully saturated rings. The Balaban J connectivity index is 1.40. The third-order valence-electron chi connectivity index (χ3n) is 5.77. The molecule has 21 heavy (non-hydrogen) atoms. The first-order valence-electron chi connectivity index (χ1n) is 8.27. The van der Waals surface area contributed by atoms with Crippen molar-refractivity contribution in [1.29, 1.82) is 0 Å². The van der Waals surface area contributed by atoms with Crippen LogP contribution in [0.5, 0.6) is 0 Å². The number of carboxylic acids is 1. The number of carbonyl (C=O) groups is 1. The molecule has 3 saturated carbocycles. The molecule has 3 nitrogen and oxygen atoms in total. The molecule has 0 heterocycles. The maximum atomic E-state index is 11.5. The lowest BCUT2D eigenvalue weighted by Crippen LogP contribution is -2.43. The smallest absolute Gasteiger partial charge is 0.308 e. The summed E-state index contributed by atoms with van der Waals surface area (Å²) >= 11 is 0. The highest BCUT2D eigenvalue weighted by atomic mass is 16.4. The molecular formula is C18H23NO2. The normalized spacial score (nSPS) is 34.3. The summed E-state index contributed by atoms with van der Waals surface area (Å²) in [6.45, 7) is 0.794. The Labute approximate surface area is 125 Å². The highest BCUT2D eigenvalue weighted by Crippen LogP contribution is 2.48. The zero-order chi connectivity index (χ0) is 14.4. The molecule has 112 valence electrons. The third-order valence-corrected chi connectivity index (χ3v) is 5.77. The molecule has 1 aromatic rings. The van der Waals surface area contributed by atoms with Gasteiger partial charge in [-0.15, -0.1) is 0 Å². The Kier molecular flexibility index (Phi) is 3.26. The topological polar surface area (TPSA) is 49.3 Å². The molecule has 0 aliphatic heterocycles. The highest BCUT2D eigenvalue weighted by molar-refractivity contribution is 5.72. The van der Waals surface area contributed by atoms with Crippen LogP contribution in [-0.2, 0) is 11.3 Å². The lowest BCUT2D eigenvalue weighted by atomic mass is 9.84. The van der Waals surface area contributed by atoms with E-state index in [1.165, 1.54) is 30.4 Å². The van der Waals surface area contributed by atoms with Crippen LogP contribution in [0.2, 0.25) is 0 Å². The van der Waals surface area contributed by atoms with E-state index in [2.05, 4.69) is 29.6 Å². The molecule has 0 spiro atoms. The fraction of sp³-hybridized carbons (Fsp3) is 0.611. The van der Waals surface area contributed by atoms with Gasteiger partial charge >= 0.3 is 5.97 Å². The van der Waals surface area contributed by atoms with Crippen LogP contribution in [0.4, 0.5) is 0 Å². The fourth-order valence-electron chi connectivity index (χ4n) is 4.50. The van der Waals surface area contributed by atoms with Crippen LogP contribution in [0.15, 0.2) is 24.3 Å². The van der Waals surface area contributed by atoms with E-state index < -0.39 is 5.97 Å². The van der Waals surface area contributed by atoms with Crippen molar-refractivity contribution < 1.29 is 9.90 Å². The van der Waals surface area contributed by atoms with Crippen molar-refractivity contribution in [2.24, 2.45) is 17.8 Å². The first-order valence-corrected chi connectivity index (χ1v) is 8.27. The SMILES string of the molecule is O=C(O)C1C2CCC(C2)C1NCc1ccc(C2CC2)cc1. The average molecular weight is 285 g/mol. The van der Waals surface area contributed by atoms with Crippen molar-refractivity contribution in [3.8, 4) is 0 Å². The first-order chi connectivity index (χ1) is 10.2. The Morgan fingerprint density at radius 2 is 1.81 bits per heavy atom. The van der Waals surface area contributed by atoms with Gasteiger partial charge in [-0.3, -0.25) is 4.79 Å². The highest BCUT2D eigenvalue weighted by Gasteiger charge is 2.50. The van der Waals surface area contributed by atoms with Gasteiger partial charge in [0.05, 0.1) is 5.92 Å². The predicted octanol–water partition coefficient (Wildman–Crippen LogP) is 3.15. The second kappa shape index (κ2) is 5.13. The number of rotatable bonds is 5. The van der Waals surface area contributed by atoms with Gasteiger partial charge in [0, 0.05) is 12.6 Å². The summed E-state index contributed by atoms with van der Waals surface area (Å²) < 4.78 is 0. The monoisotopic (exact) mass is 285 g/mol. The zero-order valence-electron chi connectivity index (χ0n) is 12.3. The molecule has 0 aromatic heterocycles. The number of carboxylic acid groups (broad SMARTS) is 1. The molecule has 1 aromatic carbocycles. The van der Waals surface area contributed by atoms with E-state index in [1.807, 2.05) is 0 Å². The molecule has 4 atom stereocenters. The summed E-state index contributed by atoms with van der Waals surface area (Å²) in [6.07, 6.45) is 6.09. The largest absolute Gasteiger partial charge is 0.481 e. The molecular weight excluding hydrogens is 262 g/mol. The van der Waals surface area contributed by atoms with Crippen LogP contribution in [0, 0.1) is 17.8 Å². The van der Waals surface area contributed by atoms with Gasteiger partial charge in [-0.05, 0) is 61.0 Å². The summed E-state index contributed by atoms with van der Waals surface area (Å²) in [5.41, 5.74) is 2.73. The van der Waals surface area contributed by atoms with Gasteiger partial charge in [0.2, 0.25) is 0 Å². The molecule has 3 aliphatic rings. The van der Waals surface area contributed by atoms with Crippen molar-refractivity contribution >= 4 is 5.97 Å². The maximum absolute atomic E-state index is 11.5. The number of fused-ring (bicyclic) bond motifs is 2. The van der Waals surface area contributed by atoms with Crippen LogP contribution in [0.3, 0.4) is 0 Å². The van der Waals surface area contributed by atoms with Crippen molar-refractivity contribution in [2.45, 2.75) is 50.6 Å². The molecule has 0 saturated heterocycles. The quantitative estimate of drug-likeness (QED) is 0.873. The molecule has 4 unspecified atom stereocenters. The number of nitrogens with one attached hydrogen (secondary N) is 1. The van der Waals surface area contributed by atoms with Gasteiger partial charge in [0.1, 0.15) is 0 Å². The second-order valence-corrected chi connectivity index (χ2v) is 7.12. The molecule has 4 rings (SSSR count). The Morgan fingerprint density at radius 3 is 2.48 bits per heavy atom. The minimum atomic E-state index is -0.608. The van der Waals surface area contributed by atoms with Gasteiger partial charge in [-0.1, -0.05) is 24.3 Å². The van der Waals surface area contributed by atoms with Crippen molar-refractivity contribution in [2.75, 3.05) is 0 Å². The lowest BCUT2D eigenvalue weighted by Gasteiger charge is -2.29. The number of hydrogen-bond acceptors (Lipinski definition) is 2. The average Bonchev–Trinajstić information content (AvgIpc) is 3.14. The predicted molar refractivity (Wildman–Crippen MR) is 81.0 cm³/mol. The van der Waals surface area contributed by atoms with E-state index in [1.54, 1.807) is 0 Å². The van der Waals surface area contributed by atoms with Crippen molar-refractivity contribution in [3.05, 3.63) is 35.4 Å². The minimum absolute atomic E-state index is 0.171. The number of hydrogen-bond donors (Lipinski definition) is 2. The summed E-state index contributed by atoms with van der Waals surface area (Å²) in [6, 6.07) is 9.05. The van der Waals surface area contributed by atoms with Crippen molar-refractivity contribution in [3.63, 3.8) is 0 Å². The molecule has 0 radical (unpaired) electrons. The molecule has 3 aliphatic carbocycles. The standard InChI is InChI=1S/C18H23NO2/c20-18(21)16-14-7-8-15(9-14)17(16)19-10-11-1-3-12(4-2-11)13-5-6-13/h1-4,13-17,19H,5-10H2,(H,20,21). The van der Waals surface area contributed by atoms with Gasteiger partial charge in [0.25, 0.3) is 0 Å². The van der Waals surface area contributed by atoms with Crippen LogP contribution in [0.25, 0.3) is 0 Å². The van der Waals surface area contributed by atoms with E-state index in [9.17, 15) is 9.90 Å². The molecule has 2 N–H and O–H groups in total. The van der Waals surface area contributed by atoms with Crippen LogP contribution >= 0.6 is 0 Å². The van der Waals surface area contributed by atoms with Crippen LogP contribution in [-0.4, -0.2) is 17.1 Å². The fourth-order valence-corrected chi connectivity index (χ4v) is 4.50. The van der Waals surface area contributed by atoms with Gasteiger partial charge in [0.15, 0.2) is 0 Å². The van der Waals surface area contributed by atoms with E-state index in [0.717, 1.165) is 25.3 Å². The first kappa shape index (κ1) is 13.3. The van der Waals surface area contributed by atoms with E-state index in [4.69, 9.17) is 0 Å². The second-order valence-electron chi connectivity index (χ2n) is 7.12. The number of aliphatic carboxylic acids is 1. The molecule has 0 amide bonds. The zero-order valence-corrected chi connectivity index (χ0v) is 12.3. The Bertz CT molecular complexity index is 535. The third kappa shape index (κ3) is 2.48. The van der Waals surface area contributed by atoms with E-state index in [0.29, 0.717) is 11.8 Å². The van der Waals surface area contributed by atoms with Crippen molar-refractivity contribution in [1.82, 2.24) is 5.32 Å². The molecule has 2 bridgehead atoms. The van der Waals surface area contributed by atoms with Crippen LogP contribution < -0.4 is 5.32 Å². The Morgan fingerprint density at radius 1 is 1.10 bits per heavy atom. The minimum Gasteiger partial charge on any atom is -0.481 e. The number of benzene rings is 1. The summed E-state index contributed by atoms with van der Waals surface area (Å²) in [7, 11) is 0. The summed E-state index contributed by atoms with van der Waals surface area (Å²) in [4.78, 5) is 11.5. The van der Waals surface area contributed by atoms with Gasteiger partial charge in [-0.25, -0.2) is 0 Å². The summed E-state index contributed by atoms with van der Waals surface area (Å²) in [5, 5.41) is 13.0.